The summed E-state index contributed by atoms with van der Waals surface area (Å²) in [5, 5.41) is 2.04. The first kappa shape index (κ1) is 15.9. The number of hydrogen-bond acceptors (Lipinski definition) is 2. The third kappa shape index (κ3) is 4.19. The van der Waals surface area contributed by atoms with E-state index in [0.717, 1.165) is 0 Å². The maximum absolute atomic E-state index is 12.9. The fraction of sp³-hybridized carbons (Fsp3) is 0.500. The zero-order valence-electron chi connectivity index (χ0n) is 10.5. The molecule has 0 spiro atoms. The van der Waals surface area contributed by atoms with Gasteiger partial charge < -0.3 is 5.32 Å². The predicted molar refractivity (Wildman–Crippen MR) is 68.7 cm³/mol. The SMILES string of the molecule is CC[C@H](C)[C@@H](NC(=O)c1ccncc1Br)C(F)(F)F. The molecule has 0 aliphatic carbocycles. The van der Waals surface area contributed by atoms with E-state index in [1.807, 2.05) is 5.32 Å². The molecular formula is C12H14BrF3N2O. The molecule has 3 nitrogen and oxygen atoms in total. The molecule has 0 unspecified atom stereocenters. The maximum atomic E-state index is 12.9. The van der Waals surface area contributed by atoms with E-state index in [2.05, 4.69) is 20.9 Å². The lowest BCUT2D eigenvalue weighted by Gasteiger charge is -2.26. The fourth-order valence-electron chi connectivity index (χ4n) is 1.56. The summed E-state index contributed by atoms with van der Waals surface area (Å²) in [6.07, 6.45) is -1.43. The molecule has 0 saturated heterocycles. The van der Waals surface area contributed by atoms with Crippen molar-refractivity contribution in [1.29, 1.82) is 0 Å². The number of pyridine rings is 1. The highest BCUT2D eigenvalue weighted by Crippen LogP contribution is 2.28. The minimum absolute atomic E-state index is 0.132. The standard InChI is InChI=1S/C12H14BrF3N2O/c1-3-7(2)10(12(14,15)16)18-11(19)8-4-5-17-6-9(8)13/h4-7,10H,3H2,1-2H3,(H,18,19)/t7-,10+/m0/s1. The number of nitrogens with zero attached hydrogens (tertiary/aromatic N) is 1. The molecule has 0 bridgehead atoms. The van der Waals surface area contributed by atoms with Gasteiger partial charge in [-0.2, -0.15) is 13.2 Å². The van der Waals surface area contributed by atoms with Crippen LogP contribution in [-0.2, 0) is 0 Å². The van der Waals surface area contributed by atoms with Crippen LogP contribution in [0, 0.1) is 5.92 Å². The van der Waals surface area contributed by atoms with Gasteiger partial charge in [-0.15, -0.1) is 0 Å². The number of halogens is 4. The van der Waals surface area contributed by atoms with Crippen LogP contribution in [0.5, 0.6) is 0 Å². The summed E-state index contributed by atoms with van der Waals surface area (Å²) in [4.78, 5) is 15.6. The van der Waals surface area contributed by atoms with Crippen LogP contribution in [0.25, 0.3) is 0 Å². The van der Waals surface area contributed by atoms with Crippen LogP contribution in [0.1, 0.15) is 30.6 Å². The van der Waals surface area contributed by atoms with Gasteiger partial charge in [0.05, 0.1) is 5.56 Å². The molecule has 7 heteroatoms. The lowest BCUT2D eigenvalue weighted by atomic mass is 9.98. The van der Waals surface area contributed by atoms with Crippen LogP contribution in [0.2, 0.25) is 0 Å². The maximum Gasteiger partial charge on any atom is 0.408 e. The van der Waals surface area contributed by atoms with Gasteiger partial charge in [-0.3, -0.25) is 9.78 Å². The Labute approximate surface area is 117 Å². The van der Waals surface area contributed by atoms with Crippen molar-refractivity contribution in [1.82, 2.24) is 10.3 Å². The number of alkyl halides is 3. The minimum atomic E-state index is -4.47. The average molecular weight is 339 g/mol. The van der Waals surface area contributed by atoms with E-state index in [9.17, 15) is 18.0 Å². The molecule has 106 valence electrons. The van der Waals surface area contributed by atoms with Gasteiger partial charge in [0, 0.05) is 16.9 Å². The second-order valence-electron chi connectivity index (χ2n) is 4.23. The van der Waals surface area contributed by atoms with Crippen molar-refractivity contribution in [3.63, 3.8) is 0 Å². The zero-order chi connectivity index (χ0) is 14.6. The van der Waals surface area contributed by atoms with Crippen LogP contribution in [-0.4, -0.2) is 23.1 Å². The molecule has 0 fully saturated rings. The van der Waals surface area contributed by atoms with Crippen LogP contribution in [0.3, 0.4) is 0 Å². The number of nitrogens with one attached hydrogen (secondary N) is 1. The molecule has 0 aliphatic heterocycles. The highest BCUT2D eigenvalue weighted by atomic mass is 79.9. The third-order valence-electron chi connectivity index (χ3n) is 2.87. The Balaban J connectivity index is 2.92. The van der Waals surface area contributed by atoms with Crippen molar-refractivity contribution < 1.29 is 18.0 Å². The van der Waals surface area contributed by atoms with Crippen LogP contribution in [0.4, 0.5) is 13.2 Å². The van der Waals surface area contributed by atoms with Gasteiger partial charge in [0.1, 0.15) is 6.04 Å². The summed E-state index contributed by atoms with van der Waals surface area (Å²) in [7, 11) is 0. The van der Waals surface area contributed by atoms with E-state index >= 15 is 0 Å². The van der Waals surface area contributed by atoms with Crippen molar-refractivity contribution in [2.45, 2.75) is 32.5 Å². The minimum Gasteiger partial charge on any atom is -0.340 e. The van der Waals surface area contributed by atoms with Crippen molar-refractivity contribution in [3.8, 4) is 0 Å². The Kier molecular flexibility index (Phi) is 5.34. The Bertz CT molecular complexity index is 451. The first-order chi connectivity index (χ1) is 8.77. The number of carbonyl (C=O) groups excluding carboxylic acids is 1. The second kappa shape index (κ2) is 6.36. The number of aromatic nitrogens is 1. The molecule has 1 aromatic rings. The quantitative estimate of drug-likeness (QED) is 0.912. The molecular weight excluding hydrogens is 325 g/mol. The molecule has 0 saturated carbocycles. The average Bonchev–Trinajstić information content (AvgIpc) is 2.34. The first-order valence-electron chi connectivity index (χ1n) is 5.74. The number of hydrogen-bond donors (Lipinski definition) is 1. The highest BCUT2D eigenvalue weighted by Gasteiger charge is 2.43. The van der Waals surface area contributed by atoms with Gasteiger partial charge in [-0.25, -0.2) is 0 Å². The molecule has 1 N–H and O–H groups in total. The molecule has 19 heavy (non-hydrogen) atoms. The van der Waals surface area contributed by atoms with E-state index in [0.29, 0.717) is 10.9 Å². The molecule has 1 rings (SSSR count). The van der Waals surface area contributed by atoms with Crippen molar-refractivity contribution in [2.75, 3.05) is 0 Å². The van der Waals surface area contributed by atoms with Gasteiger partial charge in [0.2, 0.25) is 0 Å². The van der Waals surface area contributed by atoms with Gasteiger partial charge in [-0.1, -0.05) is 20.3 Å². The lowest BCUT2D eigenvalue weighted by Crippen LogP contribution is -2.49. The summed E-state index contributed by atoms with van der Waals surface area (Å²) in [5.74, 6) is -1.46. The van der Waals surface area contributed by atoms with Crippen LogP contribution >= 0.6 is 15.9 Å². The first-order valence-corrected chi connectivity index (χ1v) is 6.53. The van der Waals surface area contributed by atoms with Crippen molar-refractivity contribution >= 4 is 21.8 Å². The van der Waals surface area contributed by atoms with Crippen molar-refractivity contribution in [2.24, 2.45) is 5.92 Å². The fourth-order valence-corrected chi connectivity index (χ4v) is 1.99. The largest absolute Gasteiger partial charge is 0.408 e. The summed E-state index contributed by atoms with van der Waals surface area (Å²) in [6.45, 7) is 3.11. The third-order valence-corrected chi connectivity index (χ3v) is 3.50. The van der Waals surface area contributed by atoms with Crippen LogP contribution in [0.15, 0.2) is 22.9 Å². The monoisotopic (exact) mass is 338 g/mol. The van der Waals surface area contributed by atoms with E-state index in [1.165, 1.54) is 25.4 Å². The summed E-state index contributed by atoms with van der Waals surface area (Å²) < 4.78 is 39.0. The molecule has 2 atom stereocenters. The second-order valence-corrected chi connectivity index (χ2v) is 5.09. The molecule has 1 aromatic heterocycles. The topological polar surface area (TPSA) is 42.0 Å². The van der Waals surface area contributed by atoms with Gasteiger partial charge in [-0.05, 0) is 27.9 Å². The summed E-state index contributed by atoms with van der Waals surface area (Å²) >= 11 is 3.09. The number of carbonyl (C=O) groups is 1. The highest BCUT2D eigenvalue weighted by molar-refractivity contribution is 9.10. The summed E-state index contributed by atoms with van der Waals surface area (Å²) in [5.41, 5.74) is 0.132. The van der Waals surface area contributed by atoms with E-state index in [-0.39, 0.29) is 5.56 Å². The van der Waals surface area contributed by atoms with E-state index in [4.69, 9.17) is 0 Å². The molecule has 1 amide bonds. The van der Waals surface area contributed by atoms with Crippen molar-refractivity contribution in [3.05, 3.63) is 28.5 Å². The Hall–Kier alpha value is -1.11. The predicted octanol–water partition coefficient (Wildman–Crippen LogP) is 3.55. The normalized spacial score (nSPS) is 14.8. The number of rotatable bonds is 4. The Morgan fingerprint density at radius 1 is 1.53 bits per heavy atom. The Morgan fingerprint density at radius 3 is 2.63 bits per heavy atom. The van der Waals surface area contributed by atoms with Gasteiger partial charge in [0.15, 0.2) is 0 Å². The molecule has 0 aliphatic rings. The van der Waals surface area contributed by atoms with E-state index in [1.54, 1.807) is 6.92 Å². The smallest absolute Gasteiger partial charge is 0.340 e. The molecule has 0 aromatic carbocycles. The summed E-state index contributed by atoms with van der Waals surface area (Å²) in [6, 6.07) is -0.492. The lowest BCUT2D eigenvalue weighted by molar-refractivity contribution is -0.164. The van der Waals surface area contributed by atoms with Gasteiger partial charge >= 0.3 is 6.18 Å². The van der Waals surface area contributed by atoms with Crippen LogP contribution < -0.4 is 5.32 Å². The molecule has 0 radical (unpaired) electrons. The zero-order valence-corrected chi connectivity index (χ0v) is 12.0. The van der Waals surface area contributed by atoms with E-state index < -0.39 is 24.0 Å². The van der Waals surface area contributed by atoms with Gasteiger partial charge in [0.25, 0.3) is 5.91 Å². The number of amides is 1. The Morgan fingerprint density at radius 2 is 2.16 bits per heavy atom. The molecule has 1 heterocycles.